The van der Waals surface area contributed by atoms with Gasteiger partial charge in [-0.25, -0.2) is 0 Å². The number of methoxy groups -OCH3 is 1. The molecule has 0 bridgehead atoms. The van der Waals surface area contributed by atoms with Crippen molar-refractivity contribution in [1.82, 2.24) is 10.2 Å². The van der Waals surface area contributed by atoms with Gasteiger partial charge < -0.3 is 19.7 Å². The maximum Gasteiger partial charge on any atom is 0.224 e. The Bertz CT molecular complexity index is 864. The van der Waals surface area contributed by atoms with E-state index in [1.54, 1.807) is 13.2 Å². The molecule has 1 aliphatic rings. The van der Waals surface area contributed by atoms with Crippen LogP contribution in [0, 0.1) is 0 Å². The highest BCUT2D eigenvalue weighted by Crippen LogP contribution is 2.23. The van der Waals surface area contributed by atoms with E-state index in [1.807, 2.05) is 47.4 Å². The zero-order valence-corrected chi connectivity index (χ0v) is 18.6. The summed E-state index contributed by atoms with van der Waals surface area (Å²) < 4.78 is 10.8. The van der Waals surface area contributed by atoms with Crippen LogP contribution in [0.2, 0.25) is 5.02 Å². The lowest BCUT2D eigenvalue weighted by molar-refractivity contribution is -0.132. The zero-order valence-electron chi connectivity index (χ0n) is 17.8. The van der Waals surface area contributed by atoms with Crippen molar-refractivity contribution in [1.29, 1.82) is 0 Å². The Kier molecular flexibility index (Phi) is 8.59. The Labute approximate surface area is 188 Å². The number of rotatable bonds is 9. The molecule has 1 aliphatic heterocycles. The van der Waals surface area contributed by atoms with Crippen molar-refractivity contribution in [2.75, 3.05) is 26.8 Å². The molecule has 1 heterocycles. The molecule has 166 valence electrons. The van der Waals surface area contributed by atoms with E-state index in [-0.39, 0.29) is 17.9 Å². The molecule has 1 N–H and O–H groups in total. The second kappa shape index (κ2) is 11.6. The topological polar surface area (TPSA) is 67.9 Å². The van der Waals surface area contributed by atoms with Crippen LogP contribution in [0.15, 0.2) is 48.5 Å². The van der Waals surface area contributed by atoms with Gasteiger partial charge in [0.1, 0.15) is 11.5 Å². The number of hydrogen-bond acceptors (Lipinski definition) is 4. The van der Waals surface area contributed by atoms with E-state index >= 15 is 0 Å². The number of para-hydroxylation sites is 1. The lowest BCUT2D eigenvalue weighted by atomic mass is 10.0. The lowest BCUT2D eigenvalue weighted by Gasteiger charge is -2.32. The summed E-state index contributed by atoms with van der Waals surface area (Å²) in [5.41, 5.74) is 0.949. The number of hydrogen-bond donors (Lipinski definition) is 1. The molecule has 3 rings (SSSR count). The van der Waals surface area contributed by atoms with E-state index in [2.05, 4.69) is 5.32 Å². The van der Waals surface area contributed by atoms with Crippen LogP contribution in [0.1, 0.15) is 31.2 Å². The zero-order chi connectivity index (χ0) is 22.1. The number of halogens is 1. The molecular formula is C24H29ClN2O4. The first-order valence-corrected chi connectivity index (χ1v) is 11.0. The van der Waals surface area contributed by atoms with E-state index in [1.165, 1.54) is 0 Å². The summed E-state index contributed by atoms with van der Waals surface area (Å²) >= 11 is 6.06. The summed E-state index contributed by atoms with van der Waals surface area (Å²) in [6.07, 6.45) is 2.97. The predicted octanol–water partition coefficient (Wildman–Crippen LogP) is 3.86. The molecule has 0 aromatic heterocycles. The molecular weight excluding hydrogens is 416 g/mol. The first kappa shape index (κ1) is 22.9. The maximum atomic E-state index is 12.4. The normalized spacial score (nSPS) is 14.2. The number of carbonyl (C=O) groups excluding carboxylic acids is 2. The molecule has 2 aromatic carbocycles. The van der Waals surface area contributed by atoms with Crippen molar-refractivity contribution in [2.24, 2.45) is 0 Å². The molecule has 1 saturated heterocycles. The van der Waals surface area contributed by atoms with Crippen LogP contribution in [-0.2, 0) is 16.0 Å². The van der Waals surface area contributed by atoms with Gasteiger partial charge in [0, 0.05) is 25.6 Å². The van der Waals surface area contributed by atoms with E-state index in [0.29, 0.717) is 49.7 Å². The largest absolute Gasteiger partial charge is 0.497 e. The van der Waals surface area contributed by atoms with Gasteiger partial charge in [-0.3, -0.25) is 9.59 Å². The van der Waals surface area contributed by atoms with Gasteiger partial charge in [-0.15, -0.1) is 0 Å². The summed E-state index contributed by atoms with van der Waals surface area (Å²) in [7, 11) is 1.62. The van der Waals surface area contributed by atoms with Crippen LogP contribution in [-0.4, -0.2) is 49.6 Å². The molecule has 0 unspecified atom stereocenters. The molecule has 0 atom stereocenters. The van der Waals surface area contributed by atoms with E-state index in [0.717, 1.165) is 24.2 Å². The Morgan fingerprint density at radius 1 is 1.10 bits per heavy atom. The van der Waals surface area contributed by atoms with Crippen molar-refractivity contribution in [3.8, 4) is 11.5 Å². The van der Waals surface area contributed by atoms with Gasteiger partial charge >= 0.3 is 0 Å². The van der Waals surface area contributed by atoms with E-state index in [9.17, 15) is 9.59 Å². The Balaban J connectivity index is 1.32. The molecule has 0 aliphatic carbocycles. The van der Waals surface area contributed by atoms with Crippen molar-refractivity contribution in [3.63, 3.8) is 0 Å². The molecule has 6 nitrogen and oxygen atoms in total. The number of ether oxygens (including phenoxy) is 2. The first-order chi connectivity index (χ1) is 15.0. The quantitative estimate of drug-likeness (QED) is 0.596. The van der Waals surface area contributed by atoms with E-state index < -0.39 is 0 Å². The minimum Gasteiger partial charge on any atom is -0.497 e. The minimum atomic E-state index is 0.00617. The number of nitrogens with one attached hydrogen (secondary N) is 1. The van der Waals surface area contributed by atoms with Gasteiger partial charge in [-0.05, 0) is 49.1 Å². The molecule has 1 fully saturated rings. The number of likely N-dealkylation sites (tertiary alicyclic amines) is 1. The average Bonchev–Trinajstić information content (AvgIpc) is 2.78. The smallest absolute Gasteiger partial charge is 0.224 e. The Hall–Kier alpha value is -2.73. The number of carbonyl (C=O) groups is 2. The predicted molar refractivity (Wildman–Crippen MR) is 121 cm³/mol. The van der Waals surface area contributed by atoms with Crippen LogP contribution in [0.5, 0.6) is 11.5 Å². The molecule has 2 amide bonds. The third-order valence-electron chi connectivity index (χ3n) is 5.37. The Morgan fingerprint density at radius 3 is 2.48 bits per heavy atom. The highest BCUT2D eigenvalue weighted by Gasteiger charge is 2.23. The van der Waals surface area contributed by atoms with Crippen LogP contribution in [0.3, 0.4) is 0 Å². The molecule has 2 aromatic rings. The monoisotopic (exact) mass is 444 g/mol. The van der Waals surface area contributed by atoms with Gasteiger partial charge in [0.25, 0.3) is 0 Å². The highest BCUT2D eigenvalue weighted by atomic mass is 35.5. The van der Waals surface area contributed by atoms with Crippen LogP contribution < -0.4 is 14.8 Å². The summed E-state index contributed by atoms with van der Waals surface area (Å²) in [6, 6.07) is 14.9. The van der Waals surface area contributed by atoms with Crippen LogP contribution >= 0.6 is 11.6 Å². The van der Waals surface area contributed by atoms with Gasteiger partial charge in [0.05, 0.1) is 25.2 Å². The minimum absolute atomic E-state index is 0.00617. The fourth-order valence-electron chi connectivity index (χ4n) is 3.61. The molecule has 7 heteroatoms. The van der Waals surface area contributed by atoms with Gasteiger partial charge in [0.2, 0.25) is 11.8 Å². The summed E-state index contributed by atoms with van der Waals surface area (Å²) in [4.78, 5) is 26.6. The lowest BCUT2D eigenvalue weighted by Crippen LogP contribution is -2.46. The summed E-state index contributed by atoms with van der Waals surface area (Å²) in [5, 5.41) is 3.66. The van der Waals surface area contributed by atoms with E-state index in [4.69, 9.17) is 21.1 Å². The fourth-order valence-corrected chi connectivity index (χ4v) is 3.80. The SMILES string of the molecule is COc1ccc(CC(=O)NC2CCN(C(=O)CCCOc3ccccc3Cl)CC2)cc1. The molecule has 31 heavy (non-hydrogen) atoms. The molecule has 0 saturated carbocycles. The average molecular weight is 445 g/mol. The third-order valence-corrected chi connectivity index (χ3v) is 5.68. The number of nitrogens with zero attached hydrogens (tertiary/aromatic N) is 1. The van der Waals surface area contributed by atoms with Crippen molar-refractivity contribution >= 4 is 23.4 Å². The third kappa shape index (κ3) is 7.17. The maximum absolute atomic E-state index is 12.4. The van der Waals surface area contributed by atoms with Gasteiger partial charge in [-0.1, -0.05) is 35.9 Å². The van der Waals surface area contributed by atoms with Crippen molar-refractivity contribution in [2.45, 2.75) is 38.1 Å². The first-order valence-electron chi connectivity index (χ1n) is 10.6. The number of benzene rings is 2. The number of amides is 2. The van der Waals surface area contributed by atoms with Crippen LogP contribution in [0.25, 0.3) is 0 Å². The van der Waals surface area contributed by atoms with Crippen molar-refractivity contribution < 1.29 is 19.1 Å². The second-order valence-corrected chi connectivity index (χ2v) is 8.04. The highest BCUT2D eigenvalue weighted by molar-refractivity contribution is 6.32. The Morgan fingerprint density at radius 2 is 1.81 bits per heavy atom. The summed E-state index contributed by atoms with van der Waals surface area (Å²) in [5.74, 6) is 1.55. The standard InChI is InChI=1S/C24H29ClN2O4/c1-30-20-10-8-18(9-11-20)17-23(28)26-19-12-14-27(15-13-19)24(29)7-4-16-31-22-6-3-2-5-21(22)25/h2-3,5-6,8-11,19H,4,7,12-17H2,1H3,(H,26,28). The summed E-state index contributed by atoms with van der Waals surface area (Å²) in [6.45, 7) is 1.78. The van der Waals surface area contributed by atoms with Gasteiger partial charge in [0.15, 0.2) is 0 Å². The number of piperidine rings is 1. The molecule has 0 radical (unpaired) electrons. The second-order valence-electron chi connectivity index (χ2n) is 7.63. The van der Waals surface area contributed by atoms with Crippen molar-refractivity contribution in [3.05, 3.63) is 59.1 Å². The molecule has 0 spiro atoms. The fraction of sp³-hybridized carbons (Fsp3) is 0.417. The van der Waals surface area contributed by atoms with Gasteiger partial charge in [-0.2, -0.15) is 0 Å². The van der Waals surface area contributed by atoms with Crippen LogP contribution in [0.4, 0.5) is 0 Å².